The van der Waals surface area contributed by atoms with Crippen molar-refractivity contribution in [3.05, 3.63) is 47.6 Å². The van der Waals surface area contributed by atoms with E-state index in [-0.39, 0.29) is 0 Å². The molecule has 0 atom stereocenters. The Bertz CT molecular complexity index is 671. The molecule has 0 spiro atoms. The number of nitrogens with one attached hydrogen (secondary N) is 2. The number of nitrogens with zero attached hydrogens (tertiary/aromatic N) is 2. The molecule has 0 aliphatic rings. The third-order valence-corrected chi connectivity index (χ3v) is 4.20. The van der Waals surface area contributed by atoms with Crippen LogP contribution in [0.1, 0.15) is 13.8 Å². The molecule has 0 saturated carbocycles. The van der Waals surface area contributed by atoms with E-state index in [2.05, 4.69) is 43.1 Å². The van der Waals surface area contributed by atoms with Crippen LogP contribution in [0, 0.1) is 0 Å². The molecule has 0 aliphatic carbocycles. The molecule has 7 heteroatoms. The SMILES string of the molecule is C=CCNc1nc(Nc2ccc(SC(C)(C)F)cc2)ncc1Br. The molecule has 0 fully saturated rings. The molecule has 0 radical (unpaired) electrons. The lowest BCUT2D eigenvalue weighted by molar-refractivity contribution is 0.346. The predicted molar refractivity (Wildman–Crippen MR) is 99.2 cm³/mol. The van der Waals surface area contributed by atoms with E-state index in [0.717, 1.165) is 15.1 Å². The fourth-order valence-corrected chi connectivity index (χ4v) is 2.90. The van der Waals surface area contributed by atoms with Crippen LogP contribution in [0.3, 0.4) is 0 Å². The van der Waals surface area contributed by atoms with Gasteiger partial charge >= 0.3 is 0 Å². The summed E-state index contributed by atoms with van der Waals surface area (Å²) in [6, 6.07) is 7.47. The van der Waals surface area contributed by atoms with E-state index in [9.17, 15) is 4.39 Å². The first-order chi connectivity index (χ1) is 10.9. The van der Waals surface area contributed by atoms with Gasteiger partial charge in [0.15, 0.2) is 5.00 Å². The highest BCUT2D eigenvalue weighted by Gasteiger charge is 2.16. The summed E-state index contributed by atoms with van der Waals surface area (Å²) in [4.78, 5) is 9.49. The summed E-state index contributed by atoms with van der Waals surface area (Å²) in [7, 11) is 0. The molecule has 2 aromatic rings. The minimum absolute atomic E-state index is 0.478. The number of rotatable bonds is 7. The van der Waals surface area contributed by atoms with E-state index in [1.54, 1.807) is 12.3 Å². The molecule has 0 aliphatic heterocycles. The van der Waals surface area contributed by atoms with Gasteiger partial charge in [-0.15, -0.1) is 6.58 Å². The summed E-state index contributed by atoms with van der Waals surface area (Å²) in [6.07, 6.45) is 3.43. The van der Waals surface area contributed by atoms with Gasteiger partial charge in [-0.3, -0.25) is 0 Å². The normalized spacial score (nSPS) is 11.1. The molecule has 2 N–H and O–H groups in total. The number of benzene rings is 1. The smallest absolute Gasteiger partial charge is 0.229 e. The minimum atomic E-state index is -1.30. The lowest BCUT2D eigenvalue weighted by Gasteiger charge is -2.13. The summed E-state index contributed by atoms with van der Waals surface area (Å²) in [6.45, 7) is 7.35. The van der Waals surface area contributed by atoms with E-state index >= 15 is 0 Å². The molecule has 1 aromatic heterocycles. The van der Waals surface area contributed by atoms with Gasteiger partial charge in [0.25, 0.3) is 0 Å². The number of aromatic nitrogens is 2. The van der Waals surface area contributed by atoms with Crippen molar-refractivity contribution in [3.8, 4) is 0 Å². The minimum Gasteiger partial charge on any atom is -0.366 e. The quantitative estimate of drug-likeness (QED) is 0.485. The van der Waals surface area contributed by atoms with Gasteiger partial charge in [-0.25, -0.2) is 9.37 Å². The van der Waals surface area contributed by atoms with Crippen molar-refractivity contribution in [2.45, 2.75) is 23.7 Å². The van der Waals surface area contributed by atoms with Gasteiger partial charge in [0.1, 0.15) is 5.82 Å². The van der Waals surface area contributed by atoms with E-state index in [1.807, 2.05) is 24.3 Å². The van der Waals surface area contributed by atoms with Gasteiger partial charge in [0.2, 0.25) is 5.95 Å². The maximum atomic E-state index is 13.6. The Morgan fingerprint density at radius 2 is 2.04 bits per heavy atom. The molecule has 122 valence electrons. The fourth-order valence-electron chi connectivity index (χ4n) is 1.74. The van der Waals surface area contributed by atoms with Crippen LogP contribution >= 0.6 is 27.7 Å². The van der Waals surface area contributed by atoms with Crippen molar-refractivity contribution in [1.29, 1.82) is 0 Å². The van der Waals surface area contributed by atoms with Crippen LogP contribution in [0.4, 0.5) is 21.8 Å². The summed E-state index contributed by atoms with van der Waals surface area (Å²) in [5.74, 6) is 1.17. The van der Waals surface area contributed by atoms with E-state index in [4.69, 9.17) is 0 Å². The monoisotopic (exact) mass is 396 g/mol. The van der Waals surface area contributed by atoms with Crippen LogP contribution in [0.15, 0.2) is 52.5 Å². The van der Waals surface area contributed by atoms with Crippen LogP contribution in [-0.2, 0) is 0 Å². The van der Waals surface area contributed by atoms with Crippen LogP contribution in [0.25, 0.3) is 0 Å². The number of hydrogen-bond donors (Lipinski definition) is 2. The molecule has 0 amide bonds. The maximum Gasteiger partial charge on any atom is 0.229 e. The van der Waals surface area contributed by atoms with Crippen LogP contribution in [0.2, 0.25) is 0 Å². The number of hydrogen-bond acceptors (Lipinski definition) is 5. The van der Waals surface area contributed by atoms with Crippen molar-refractivity contribution >= 4 is 45.1 Å². The second-order valence-electron chi connectivity index (χ2n) is 5.17. The van der Waals surface area contributed by atoms with Crippen LogP contribution < -0.4 is 10.6 Å². The van der Waals surface area contributed by atoms with Crippen molar-refractivity contribution in [1.82, 2.24) is 9.97 Å². The Morgan fingerprint density at radius 3 is 2.65 bits per heavy atom. The first-order valence-corrected chi connectivity index (χ1v) is 8.60. The number of thioether (sulfide) groups is 1. The first-order valence-electron chi connectivity index (χ1n) is 7.00. The Morgan fingerprint density at radius 1 is 1.35 bits per heavy atom. The highest BCUT2D eigenvalue weighted by molar-refractivity contribution is 9.10. The van der Waals surface area contributed by atoms with Gasteiger partial charge in [-0.1, -0.05) is 17.8 Å². The molecule has 1 aromatic carbocycles. The Kier molecular flexibility index (Phi) is 6.01. The van der Waals surface area contributed by atoms with Crippen molar-refractivity contribution in [3.63, 3.8) is 0 Å². The summed E-state index contributed by atoms with van der Waals surface area (Å²) in [5, 5.41) is 4.95. The Hall–Kier alpha value is -1.60. The van der Waals surface area contributed by atoms with E-state index in [1.165, 1.54) is 25.6 Å². The average Bonchev–Trinajstić information content (AvgIpc) is 2.48. The average molecular weight is 397 g/mol. The maximum absolute atomic E-state index is 13.6. The summed E-state index contributed by atoms with van der Waals surface area (Å²) >= 11 is 4.57. The lowest BCUT2D eigenvalue weighted by Crippen LogP contribution is -2.05. The molecule has 0 unspecified atom stereocenters. The van der Waals surface area contributed by atoms with E-state index in [0.29, 0.717) is 18.3 Å². The first kappa shape index (κ1) is 17.7. The fraction of sp³-hybridized carbons (Fsp3) is 0.250. The summed E-state index contributed by atoms with van der Waals surface area (Å²) in [5.41, 5.74) is 0.836. The molecule has 4 nitrogen and oxygen atoms in total. The lowest BCUT2D eigenvalue weighted by atomic mass is 10.3. The summed E-state index contributed by atoms with van der Waals surface area (Å²) < 4.78 is 14.4. The third-order valence-electron chi connectivity index (χ3n) is 2.63. The van der Waals surface area contributed by atoms with Gasteiger partial charge in [-0.05, 0) is 54.0 Å². The molecular formula is C16H18BrFN4S. The molecular weight excluding hydrogens is 379 g/mol. The molecule has 23 heavy (non-hydrogen) atoms. The standard InChI is InChI=1S/C16H18BrFN4S/c1-4-9-19-14-13(17)10-20-15(22-14)21-11-5-7-12(8-6-11)23-16(2,3)18/h4-8,10H,1,9H2,2-3H3,(H2,19,20,21,22). The van der Waals surface area contributed by atoms with Crippen molar-refractivity contribution in [2.75, 3.05) is 17.2 Å². The van der Waals surface area contributed by atoms with Crippen LogP contribution in [0.5, 0.6) is 0 Å². The van der Waals surface area contributed by atoms with Crippen molar-refractivity contribution in [2.24, 2.45) is 0 Å². The molecule has 0 bridgehead atoms. The zero-order chi connectivity index (χ0) is 16.9. The zero-order valence-electron chi connectivity index (χ0n) is 12.9. The van der Waals surface area contributed by atoms with Crippen molar-refractivity contribution < 1.29 is 4.39 Å². The molecule has 2 rings (SSSR count). The highest BCUT2D eigenvalue weighted by Crippen LogP contribution is 2.34. The molecule has 0 saturated heterocycles. The number of anilines is 3. The largest absolute Gasteiger partial charge is 0.366 e. The topological polar surface area (TPSA) is 49.8 Å². The second kappa shape index (κ2) is 7.79. The van der Waals surface area contributed by atoms with Gasteiger partial charge in [0.05, 0.1) is 4.47 Å². The second-order valence-corrected chi connectivity index (χ2v) is 7.68. The predicted octanol–water partition coefficient (Wildman–Crippen LogP) is 5.38. The number of alkyl halides is 1. The Balaban J connectivity index is 2.08. The Labute approximate surface area is 148 Å². The zero-order valence-corrected chi connectivity index (χ0v) is 15.3. The van der Waals surface area contributed by atoms with Gasteiger partial charge in [-0.2, -0.15) is 4.98 Å². The number of halogens is 2. The van der Waals surface area contributed by atoms with Gasteiger partial charge in [0, 0.05) is 23.3 Å². The van der Waals surface area contributed by atoms with E-state index < -0.39 is 5.00 Å². The molecule has 1 heterocycles. The highest BCUT2D eigenvalue weighted by atomic mass is 79.9. The van der Waals surface area contributed by atoms with Gasteiger partial charge < -0.3 is 10.6 Å². The van der Waals surface area contributed by atoms with Crippen LogP contribution in [-0.4, -0.2) is 21.5 Å². The third kappa shape index (κ3) is 5.84.